The molecule has 1 aliphatic rings. The summed E-state index contributed by atoms with van der Waals surface area (Å²) in [4.78, 5) is 2.50. The number of hydrogen-bond acceptors (Lipinski definition) is 3. The van der Waals surface area contributed by atoms with Gasteiger partial charge in [-0.15, -0.1) is 0 Å². The van der Waals surface area contributed by atoms with Crippen LogP contribution in [-0.4, -0.2) is 30.6 Å². The second kappa shape index (κ2) is 5.11. The molecule has 0 bridgehead atoms. The molecule has 0 spiro atoms. The van der Waals surface area contributed by atoms with E-state index < -0.39 is 0 Å². The van der Waals surface area contributed by atoms with Gasteiger partial charge in [0.15, 0.2) is 0 Å². The number of para-hydroxylation sites is 1. The third-order valence-electron chi connectivity index (χ3n) is 3.16. The maximum atomic E-state index is 5.77. The fraction of sp³-hybridized carbons (Fsp3) is 0.538. The molecule has 88 valence electrons. The molecule has 1 aromatic rings. The number of aryl methyl sites for hydroxylation is 2. The quantitative estimate of drug-likeness (QED) is 0.853. The molecule has 1 unspecified atom stereocenters. The Hall–Kier alpha value is -0.670. The van der Waals surface area contributed by atoms with Gasteiger partial charge in [0.05, 0.1) is 0 Å². The smallest absolute Gasteiger partial charge is 0.0426 e. The Labute approximate surface area is 102 Å². The average molecular weight is 236 g/mol. The fourth-order valence-corrected chi connectivity index (χ4v) is 3.45. The number of nitrogens with zero attached hydrogens (tertiary/aromatic N) is 1. The number of thioether (sulfide) groups is 1. The van der Waals surface area contributed by atoms with Gasteiger partial charge in [-0.05, 0) is 25.0 Å². The van der Waals surface area contributed by atoms with Crippen molar-refractivity contribution >= 4 is 17.4 Å². The number of hydrogen-bond donors (Lipinski definition) is 1. The summed E-state index contributed by atoms with van der Waals surface area (Å²) in [7, 11) is 0. The molecule has 1 aliphatic heterocycles. The fourth-order valence-electron chi connectivity index (χ4n) is 2.37. The number of nitrogens with two attached hydrogens (primary N) is 1. The van der Waals surface area contributed by atoms with Gasteiger partial charge < -0.3 is 10.6 Å². The van der Waals surface area contributed by atoms with Crippen LogP contribution in [0.25, 0.3) is 0 Å². The van der Waals surface area contributed by atoms with Gasteiger partial charge >= 0.3 is 0 Å². The van der Waals surface area contributed by atoms with Crippen molar-refractivity contribution in [2.24, 2.45) is 5.73 Å². The predicted octanol–water partition coefficient (Wildman–Crippen LogP) is 2.18. The van der Waals surface area contributed by atoms with Crippen LogP contribution in [0.2, 0.25) is 0 Å². The van der Waals surface area contributed by atoms with Gasteiger partial charge in [-0.2, -0.15) is 11.8 Å². The van der Waals surface area contributed by atoms with Gasteiger partial charge in [0.2, 0.25) is 0 Å². The van der Waals surface area contributed by atoms with Gasteiger partial charge in [-0.3, -0.25) is 0 Å². The molecule has 1 heterocycles. The minimum Gasteiger partial charge on any atom is -0.369 e. The van der Waals surface area contributed by atoms with Crippen LogP contribution in [0.15, 0.2) is 18.2 Å². The van der Waals surface area contributed by atoms with Gasteiger partial charge in [0.1, 0.15) is 0 Å². The first-order valence-corrected chi connectivity index (χ1v) is 6.90. The minimum absolute atomic E-state index is 0.591. The van der Waals surface area contributed by atoms with Crippen molar-refractivity contribution in [3.63, 3.8) is 0 Å². The van der Waals surface area contributed by atoms with Crippen LogP contribution in [0.1, 0.15) is 11.1 Å². The summed E-state index contributed by atoms with van der Waals surface area (Å²) in [6, 6.07) is 6.52. The molecule has 1 fully saturated rings. The average Bonchev–Trinajstić information content (AvgIpc) is 2.29. The monoisotopic (exact) mass is 236 g/mol. The highest BCUT2D eigenvalue weighted by molar-refractivity contribution is 8.00. The van der Waals surface area contributed by atoms with Crippen molar-refractivity contribution in [3.05, 3.63) is 29.3 Å². The van der Waals surface area contributed by atoms with Crippen LogP contribution >= 0.6 is 11.8 Å². The summed E-state index contributed by atoms with van der Waals surface area (Å²) in [5.41, 5.74) is 9.94. The zero-order valence-corrected chi connectivity index (χ0v) is 10.9. The molecule has 2 nitrogen and oxygen atoms in total. The first-order valence-electron chi connectivity index (χ1n) is 5.85. The molecule has 1 aromatic carbocycles. The third-order valence-corrected chi connectivity index (χ3v) is 4.39. The Bertz CT molecular complexity index is 345. The Kier molecular flexibility index (Phi) is 3.77. The Morgan fingerprint density at radius 3 is 2.69 bits per heavy atom. The van der Waals surface area contributed by atoms with Gasteiger partial charge in [-0.25, -0.2) is 0 Å². The van der Waals surface area contributed by atoms with Gasteiger partial charge in [-0.1, -0.05) is 18.2 Å². The summed E-state index contributed by atoms with van der Waals surface area (Å²) in [5, 5.41) is 0.591. The minimum atomic E-state index is 0.591. The Balaban J connectivity index is 2.23. The summed E-state index contributed by atoms with van der Waals surface area (Å²) >= 11 is 2.01. The highest BCUT2D eigenvalue weighted by Crippen LogP contribution is 2.29. The Morgan fingerprint density at radius 2 is 2.06 bits per heavy atom. The van der Waals surface area contributed by atoms with E-state index in [9.17, 15) is 0 Å². The standard InChI is InChI=1S/C13H20N2S/c1-10-4-3-5-11(2)13(10)15-6-7-16-12(8-14)9-15/h3-5,12H,6-9,14H2,1-2H3. The molecule has 0 saturated carbocycles. The largest absolute Gasteiger partial charge is 0.369 e. The van der Waals surface area contributed by atoms with E-state index in [1.54, 1.807) is 0 Å². The molecule has 16 heavy (non-hydrogen) atoms. The lowest BCUT2D eigenvalue weighted by Gasteiger charge is -2.35. The molecule has 2 N–H and O–H groups in total. The van der Waals surface area contributed by atoms with E-state index in [2.05, 4.69) is 36.9 Å². The van der Waals surface area contributed by atoms with Crippen molar-refractivity contribution in [1.29, 1.82) is 0 Å². The molecule has 3 heteroatoms. The highest BCUT2D eigenvalue weighted by Gasteiger charge is 2.21. The lowest BCUT2D eigenvalue weighted by molar-refractivity contribution is 0.745. The molecule has 0 aliphatic carbocycles. The molecule has 0 radical (unpaired) electrons. The molecular formula is C13H20N2S. The maximum Gasteiger partial charge on any atom is 0.0426 e. The Morgan fingerprint density at radius 1 is 1.38 bits per heavy atom. The highest BCUT2D eigenvalue weighted by atomic mass is 32.2. The van der Waals surface area contributed by atoms with Crippen LogP contribution in [0.3, 0.4) is 0 Å². The number of anilines is 1. The van der Waals surface area contributed by atoms with Crippen molar-refractivity contribution in [2.75, 3.05) is 30.3 Å². The third kappa shape index (κ3) is 2.36. The van der Waals surface area contributed by atoms with E-state index in [0.717, 1.165) is 19.6 Å². The van der Waals surface area contributed by atoms with Crippen LogP contribution in [0.4, 0.5) is 5.69 Å². The van der Waals surface area contributed by atoms with Crippen molar-refractivity contribution < 1.29 is 0 Å². The van der Waals surface area contributed by atoms with Gasteiger partial charge in [0.25, 0.3) is 0 Å². The SMILES string of the molecule is Cc1cccc(C)c1N1CCSC(CN)C1. The second-order valence-corrected chi connectivity index (χ2v) is 5.82. The van der Waals surface area contributed by atoms with E-state index in [4.69, 9.17) is 5.73 Å². The summed E-state index contributed by atoms with van der Waals surface area (Å²) < 4.78 is 0. The topological polar surface area (TPSA) is 29.3 Å². The van der Waals surface area contributed by atoms with Crippen LogP contribution in [-0.2, 0) is 0 Å². The summed E-state index contributed by atoms with van der Waals surface area (Å²) in [5.74, 6) is 1.19. The van der Waals surface area contributed by atoms with Crippen LogP contribution < -0.4 is 10.6 Å². The first-order chi connectivity index (χ1) is 7.72. The predicted molar refractivity (Wildman–Crippen MR) is 73.4 cm³/mol. The van der Waals surface area contributed by atoms with Gasteiger partial charge in [0, 0.05) is 36.3 Å². The molecular weight excluding hydrogens is 216 g/mol. The first kappa shape index (κ1) is 11.8. The van der Waals surface area contributed by atoms with E-state index in [1.165, 1.54) is 22.6 Å². The lowest BCUT2D eigenvalue weighted by atomic mass is 10.1. The summed E-state index contributed by atoms with van der Waals surface area (Å²) in [6.45, 7) is 7.41. The zero-order chi connectivity index (χ0) is 11.5. The molecule has 0 amide bonds. The maximum absolute atomic E-state index is 5.77. The van der Waals surface area contributed by atoms with E-state index in [1.807, 2.05) is 11.8 Å². The van der Waals surface area contributed by atoms with E-state index >= 15 is 0 Å². The van der Waals surface area contributed by atoms with Crippen molar-refractivity contribution in [2.45, 2.75) is 19.1 Å². The number of benzene rings is 1. The molecule has 2 rings (SSSR count). The van der Waals surface area contributed by atoms with Crippen LogP contribution in [0, 0.1) is 13.8 Å². The second-order valence-electron chi connectivity index (χ2n) is 4.41. The van der Waals surface area contributed by atoms with Crippen molar-refractivity contribution in [3.8, 4) is 0 Å². The van der Waals surface area contributed by atoms with Crippen LogP contribution in [0.5, 0.6) is 0 Å². The number of rotatable bonds is 2. The zero-order valence-electron chi connectivity index (χ0n) is 10.1. The molecule has 1 saturated heterocycles. The van der Waals surface area contributed by atoms with E-state index in [-0.39, 0.29) is 0 Å². The van der Waals surface area contributed by atoms with E-state index in [0.29, 0.717) is 5.25 Å². The molecule has 0 aromatic heterocycles. The van der Waals surface area contributed by atoms with Crippen molar-refractivity contribution in [1.82, 2.24) is 0 Å². The summed E-state index contributed by atoms with van der Waals surface area (Å²) in [6.07, 6.45) is 0. The normalized spacial score (nSPS) is 21.2. The lowest BCUT2D eigenvalue weighted by Crippen LogP contribution is -2.41. The molecule has 1 atom stereocenters.